The minimum Gasteiger partial charge on any atom is -0.457 e. The molecule has 2 aromatic rings. The summed E-state index contributed by atoms with van der Waals surface area (Å²) in [4.78, 5) is 11.5. The maximum atomic E-state index is 13.3. The van der Waals surface area contributed by atoms with E-state index in [1.54, 1.807) is 36.4 Å². The number of Topliss-reactive ketones (excluding diaryl/α,β-unsaturated/α-hetero) is 1. The van der Waals surface area contributed by atoms with E-state index in [1.807, 2.05) is 6.92 Å². The number of hydrogen-bond donors (Lipinski definition) is 0. The zero-order valence-electron chi connectivity index (χ0n) is 10.3. The van der Waals surface area contributed by atoms with Gasteiger partial charge in [-0.15, -0.1) is 0 Å². The molecule has 0 atom stereocenters. The third kappa shape index (κ3) is 3.41. The maximum absolute atomic E-state index is 13.3. The van der Waals surface area contributed by atoms with Crippen molar-refractivity contribution in [3.05, 3.63) is 58.3 Å². The molecule has 0 fully saturated rings. The second-order valence-electron chi connectivity index (χ2n) is 3.98. The van der Waals surface area contributed by atoms with E-state index < -0.39 is 0 Å². The summed E-state index contributed by atoms with van der Waals surface area (Å²) in [7, 11) is 0. The summed E-state index contributed by atoms with van der Waals surface area (Å²) in [6.07, 6.45) is 0.470. The van der Waals surface area contributed by atoms with Gasteiger partial charge in [-0.1, -0.05) is 6.92 Å². The molecule has 0 spiro atoms. The minimum atomic E-state index is -0.379. The standard InChI is InChI=1S/C15H12BrFO2/c1-2-15(18)10-3-5-11(6-4-10)19-12-7-8-13(16)14(17)9-12/h3-9H,2H2,1H3. The molecule has 0 radical (unpaired) electrons. The molecule has 2 nitrogen and oxygen atoms in total. The normalized spacial score (nSPS) is 10.3. The van der Waals surface area contributed by atoms with Crippen molar-refractivity contribution < 1.29 is 13.9 Å². The van der Waals surface area contributed by atoms with Crippen LogP contribution in [0.2, 0.25) is 0 Å². The smallest absolute Gasteiger partial charge is 0.162 e. The Morgan fingerprint density at radius 2 is 1.79 bits per heavy atom. The molecule has 0 N–H and O–H groups in total. The molecule has 4 heteroatoms. The molecule has 2 rings (SSSR count). The number of hydrogen-bond acceptors (Lipinski definition) is 2. The van der Waals surface area contributed by atoms with Crippen molar-refractivity contribution in [2.75, 3.05) is 0 Å². The van der Waals surface area contributed by atoms with E-state index in [4.69, 9.17) is 4.74 Å². The summed E-state index contributed by atoms with van der Waals surface area (Å²) in [6.45, 7) is 1.82. The van der Waals surface area contributed by atoms with E-state index in [9.17, 15) is 9.18 Å². The number of carbonyl (C=O) groups excluding carboxylic acids is 1. The van der Waals surface area contributed by atoms with E-state index in [0.29, 0.717) is 28.0 Å². The predicted molar refractivity (Wildman–Crippen MR) is 75.2 cm³/mol. The summed E-state index contributed by atoms with van der Waals surface area (Å²) < 4.78 is 19.2. The van der Waals surface area contributed by atoms with Crippen LogP contribution in [0.4, 0.5) is 4.39 Å². The van der Waals surface area contributed by atoms with Crippen molar-refractivity contribution >= 4 is 21.7 Å². The zero-order valence-corrected chi connectivity index (χ0v) is 11.9. The molecule has 0 aliphatic rings. The van der Waals surface area contributed by atoms with Gasteiger partial charge in [-0.3, -0.25) is 4.79 Å². The van der Waals surface area contributed by atoms with Crippen LogP contribution in [0.15, 0.2) is 46.9 Å². The van der Waals surface area contributed by atoms with Gasteiger partial charge in [0.05, 0.1) is 4.47 Å². The van der Waals surface area contributed by atoms with Gasteiger partial charge in [-0.25, -0.2) is 4.39 Å². The number of carbonyl (C=O) groups is 1. The molecule has 0 amide bonds. The van der Waals surface area contributed by atoms with Crippen LogP contribution in [0.5, 0.6) is 11.5 Å². The van der Waals surface area contributed by atoms with Crippen LogP contribution in [0, 0.1) is 5.82 Å². The quantitative estimate of drug-likeness (QED) is 0.742. The van der Waals surface area contributed by atoms with Gasteiger partial charge in [0.2, 0.25) is 0 Å². The van der Waals surface area contributed by atoms with E-state index in [2.05, 4.69) is 15.9 Å². The first-order chi connectivity index (χ1) is 9.10. The summed E-state index contributed by atoms with van der Waals surface area (Å²) in [5.74, 6) is 0.682. The lowest BCUT2D eigenvalue weighted by Crippen LogP contribution is -1.95. The number of halogens is 2. The average Bonchev–Trinajstić information content (AvgIpc) is 2.43. The Morgan fingerprint density at radius 3 is 2.37 bits per heavy atom. The highest BCUT2D eigenvalue weighted by molar-refractivity contribution is 9.10. The third-order valence-corrected chi connectivity index (χ3v) is 3.27. The first-order valence-electron chi connectivity index (χ1n) is 5.86. The topological polar surface area (TPSA) is 26.3 Å². The van der Waals surface area contributed by atoms with Crippen LogP contribution in [-0.2, 0) is 0 Å². The van der Waals surface area contributed by atoms with Gasteiger partial charge in [-0.2, -0.15) is 0 Å². The fraction of sp³-hybridized carbons (Fsp3) is 0.133. The Balaban J connectivity index is 2.15. The van der Waals surface area contributed by atoms with Crippen LogP contribution in [-0.4, -0.2) is 5.78 Å². The van der Waals surface area contributed by atoms with Gasteiger partial charge >= 0.3 is 0 Å². The molecule has 19 heavy (non-hydrogen) atoms. The molecule has 0 saturated carbocycles. The molecule has 2 aromatic carbocycles. The molecule has 0 unspecified atom stereocenters. The first-order valence-corrected chi connectivity index (χ1v) is 6.65. The lowest BCUT2D eigenvalue weighted by molar-refractivity contribution is 0.0988. The van der Waals surface area contributed by atoms with Crippen molar-refractivity contribution in [2.24, 2.45) is 0 Å². The molecular formula is C15H12BrFO2. The van der Waals surface area contributed by atoms with E-state index >= 15 is 0 Å². The van der Waals surface area contributed by atoms with E-state index in [1.165, 1.54) is 6.07 Å². The Bertz CT molecular complexity index is 594. The van der Waals surface area contributed by atoms with E-state index in [-0.39, 0.29) is 11.6 Å². The van der Waals surface area contributed by atoms with Gasteiger partial charge < -0.3 is 4.74 Å². The second kappa shape index (κ2) is 5.97. The van der Waals surface area contributed by atoms with Crippen molar-refractivity contribution in [3.8, 4) is 11.5 Å². The lowest BCUT2D eigenvalue weighted by Gasteiger charge is -2.07. The molecule has 0 aromatic heterocycles. The second-order valence-corrected chi connectivity index (χ2v) is 4.83. The van der Waals surface area contributed by atoms with Gasteiger partial charge in [0, 0.05) is 18.1 Å². The average molecular weight is 323 g/mol. The highest BCUT2D eigenvalue weighted by atomic mass is 79.9. The van der Waals surface area contributed by atoms with Gasteiger partial charge in [-0.05, 0) is 52.3 Å². The van der Waals surface area contributed by atoms with Crippen LogP contribution in [0.1, 0.15) is 23.7 Å². The summed E-state index contributed by atoms with van der Waals surface area (Å²) in [6, 6.07) is 11.4. The predicted octanol–water partition coefficient (Wildman–Crippen LogP) is 4.97. The lowest BCUT2D eigenvalue weighted by atomic mass is 10.1. The Labute approximate surface area is 119 Å². The molecular weight excluding hydrogens is 311 g/mol. The number of rotatable bonds is 4. The highest BCUT2D eigenvalue weighted by Gasteiger charge is 2.05. The number of benzene rings is 2. The van der Waals surface area contributed by atoms with Crippen molar-refractivity contribution in [1.29, 1.82) is 0 Å². The molecule has 0 bridgehead atoms. The fourth-order valence-electron chi connectivity index (χ4n) is 1.59. The van der Waals surface area contributed by atoms with Crippen LogP contribution in [0.3, 0.4) is 0 Å². The largest absolute Gasteiger partial charge is 0.457 e. The monoisotopic (exact) mass is 322 g/mol. The third-order valence-electron chi connectivity index (χ3n) is 2.62. The van der Waals surface area contributed by atoms with Crippen molar-refractivity contribution in [2.45, 2.75) is 13.3 Å². The summed E-state index contributed by atoms with van der Waals surface area (Å²) in [5, 5.41) is 0. The summed E-state index contributed by atoms with van der Waals surface area (Å²) >= 11 is 3.08. The van der Waals surface area contributed by atoms with Gasteiger partial charge in [0.1, 0.15) is 17.3 Å². The number of ketones is 1. The first kappa shape index (κ1) is 13.7. The molecule has 98 valence electrons. The van der Waals surface area contributed by atoms with E-state index in [0.717, 1.165) is 0 Å². The molecule has 0 aliphatic carbocycles. The highest BCUT2D eigenvalue weighted by Crippen LogP contribution is 2.26. The number of ether oxygens (including phenoxy) is 1. The van der Waals surface area contributed by atoms with Crippen LogP contribution < -0.4 is 4.74 Å². The Kier molecular flexibility index (Phi) is 4.32. The van der Waals surface area contributed by atoms with Gasteiger partial charge in [0.15, 0.2) is 5.78 Å². The fourth-order valence-corrected chi connectivity index (χ4v) is 1.84. The minimum absolute atomic E-state index is 0.0845. The molecule has 0 heterocycles. The van der Waals surface area contributed by atoms with Crippen molar-refractivity contribution in [3.63, 3.8) is 0 Å². The SMILES string of the molecule is CCC(=O)c1ccc(Oc2ccc(Br)c(F)c2)cc1. The maximum Gasteiger partial charge on any atom is 0.162 e. The van der Waals surface area contributed by atoms with Crippen LogP contribution in [0.25, 0.3) is 0 Å². The molecule has 0 saturated heterocycles. The van der Waals surface area contributed by atoms with Crippen LogP contribution >= 0.6 is 15.9 Å². The van der Waals surface area contributed by atoms with Gasteiger partial charge in [0.25, 0.3) is 0 Å². The Hall–Kier alpha value is -1.68. The molecule has 0 aliphatic heterocycles. The zero-order chi connectivity index (χ0) is 13.8. The van der Waals surface area contributed by atoms with Crippen molar-refractivity contribution in [1.82, 2.24) is 0 Å². The summed E-state index contributed by atoms with van der Waals surface area (Å²) in [5.41, 5.74) is 0.650. The Morgan fingerprint density at radius 1 is 1.16 bits per heavy atom.